The normalized spacial score (nSPS) is 12.7. The third-order valence-corrected chi connectivity index (χ3v) is 3.54. The summed E-state index contributed by atoms with van der Waals surface area (Å²) < 4.78 is 1.99. The zero-order valence-electron chi connectivity index (χ0n) is 10.1. The van der Waals surface area contributed by atoms with Crippen molar-refractivity contribution < 1.29 is 0 Å². The molecule has 0 saturated heterocycles. The summed E-state index contributed by atoms with van der Waals surface area (Å²) in [7, 11) is 1.97. The van der Waals surface area contributed by atoms with Gasteiger partial charge in [-0.1, -0.05) is 23.2 Å². The molecule has 0 fully saturated rings. The van der Waals surface area contributed by atoms with Crippen molar-refractivity contribution in [2.24, 2.45) is 12.8 Å². The number of hydrogen-bond donors (Lipinski definition) is 1. The summed E-state index contributed by atoms with van der Waals surface area (Å²) in [6, 6.07) is 5.24. The molecule has 1 unspecified atom stereocenters. The lowest BCUT2D eigenvalue weighted by Crippen LogP contribution is -2.13. The van der Waals surface area contributed by atoms with E-state index in [1.165, 1.54) is 0 Å². The van der Waals surface area contributed by atoms with Crippen LogP contribution < -0.4 is 5.73 Å². The predicted octanol–water partition coefficient (Wildman–Crippen LogP) is 3.36. The van der Waals surface area contributed by atoms with Crippen LogP contribution in [-0.4, -0.2) is 9.55 Å². The van der Waals surface area contributed by atoms with Crippen LogP contribution in [-0.2, 0) is 13.5 Å². The van der Waals surface area contributed by atoms with Crippen LogP contribution in [0.25, 0.3) is 0 Å². The molecule has 0 aliphatic carbocycles. The van der Waals surface area contributed by atoms with E-state index in [0.29, 0.717) is 10.0 Å². The maximum Gasteiger partial charge on any atom is 0.108 e. The monoisotopic (exact) mass is 283 g/mol. The Morgan fingerprint density at radius 3 is 2.83 bits per heavy atom. The van der Waals surface area contributed by atoms with Crippen molar-refractivity contribution >= 4 is 23.2 Å². The third kappa shape index (κ3) is 3.05. The van der Waals surface area contributed by atoms with Gasteiger partial charge in [0, 0.05) is 41.9 Å². The van der Waals surface area contributed by atoms with Gasteiger partial charge in [0.25, 0.3) is 0 Å². The first-order valence-electron chi connectivity index (χ1n) is 5.74. The molecular weight excluding hydrogens is 269 g/mol. The smallest absolute Gasteiger partial charge is 0.108 e. The van der Waals surface area contributed by atoms with E-state index < -0.39 is 0 Å². The van der Waals surface area contributed by atoms with Gasteiger partial charge in [-0.05, 0) is 30.2 Å². The van der Waals surface area contributed by atoms with Crippen molar-refractivity contribution in [3.05, 3.63) is 52.0 Å². The minimum absolute atomic E-state index is 0.132. The number of aromatic nitrogens is 2. The average molecular weight is 284 g/mol. The molecule has 0 saturated carbocycles. The molecule has 0 radical (unpaired) electrons. The highest BCUT2D eigenvalue weighted by atomic mass is 35.5. The highest BCUT2D eigenvalue weighted by molar-refractivity contribution is 6.33. The van der Waals surface area contributed by atoms with Crippen molar-refractivity contribution in [3.63, 3.8) is 0 Å². The second-order valence-electron chi connectivity index (χ2n) is 4.27. The Hall–Kier alpha value is -1.03. The lowest BCUT2D eigenvalue weighted by Gasteiger charge is -2.14. The van der Waals surface area contributed by atoms with E-state index in [4.69, 9.17) is 28.9 Å². The minimum Gasteiger partial charge on any atom is -0.338 e. The van der Waals surface area contributed by atoms with Crippen molar-refractivity contribution in [3.8, 4) is 0 Å². The van der Waals surface area contributed by atoms with Crippen LogP contribution in [0.15, 0.2) is 30.6 Å². The average Bonchev–Trinajstić information content (AvgIpc) is 2.75. The van der Waals surface area contributed by atoms with Gasteiger partial charge in [0.2, 0.25) is 0 Å². The van der Waals surface area contributed by atoms with Crippen LogP contribution in [0.5, 0.6) is 0 Å². The van der Waals surface area contributed by atoms with Gasteiger partial charge >= 0.3 is 0 Å². The van der Waals surface area contributed by atoms with Crippen molar-refractivity contribution in [1.82, 2.24) is 9.55 Å². The number of nitrogens with two attached hydrogens (primary N) is 1. The largest absolute Gasteiger partial charge is 0.338 e. The van der Waals surface area contributed by atoms with E-state index in [0.717, 1.165) is 24.2 Å². The summed E-state index contributed by atoms with van der Waals surface area (Å²) >= 11 is 12.1. The molecule has 2 N–H and O–H groups in total. The molecule has 1 atom stereocenters. The Balaban J connectivity index is 2.06. The SMILES string of the molecule is Cn1ccnc1CCC(N)c1cc(Cl)ccc1Cl. The van der Waals surface area contributed by atoms with E-state index in [9.17, 15) is 0 Å². The molecule has 1 aromatic carbocycles. The molecule has 0 spiro atoms. The molecule has 0 amide bonds. The zero-order chi connectivity index (χ0) is 13.1. The number of aryl methyl sites for hydroxylation is 2. The highest BCUT2D eigenvalue weighted by Gasteiger charge is 2.12. The molecule has 5 heteroatoms. The molecule has 18 heavy (non-hydrogen) atoms. The third-order valence-electron chi connectivity index (χ3n) is 2.96. The molecule has 1 heterocycles. The molecule has 3 nitrogen and oxygen atoms in total. The second kappa shape index (κ2) is 5.74. The summed E-state index contributed by atoms with van der Waals surface area (Å²) in [6.07, 6.45) is 5.30. The van der Waals surface area contributed by atoms with Gasteiger partial charge in [-0.25, -0.2) is 4.98 Å². The maximum atomic E-state index is 6.15. The molecule has 0 aliphatic rings. The Bertz CT molecular complexity index is 537. The summed E-state index contributed by atoms with van der Waals surface area (Å²) in [4.78, 5) is 4.27. The number of imidazole rings is 1. The van der Waals surface area contributed by atoms with Crippen molar-refractivity contribution in [2.75, 3.05) is 0 Å². The van der Waals surface area contributed by atoms with Gasteiger partial charge in [0.05, 0.1) is 0 Å². The van der Waals surface area contributed by atoms with E-state index in [1.807, 2.05) is 23.9 Å². The standard InChI is InChI=1S/C13H15Cl2N3/c1-18-7-6-17-13(18)5-4-12(16)10-8-9(14)2-3-11(10)15/h2-3,6-8,12H,4-5,16H2,1H3. The van der Waals surface area contributed by atoms with E-state index >= 15 is 0 Å². The first-order chi connectivity index (χ1) is 8.58. The molecule has 0 bridgehead atoms. The minimum atomic E-state index is -0.132. The Kier molecular flexibility index (Phi) is 4.27. The predicted molar refractivity (Wildman–Crippen MR) is 74.9 cm³/mol. The Morgan fingerprint density at radius 2 is 2.17 bits per heavy atom. The second-order valence-corrected chi connectivity index (χ2v) is 5.11. The lowest BCUT2D eigenvalue weighted by molar-refractivity contribution is 0.621. The number of benzene rings is 1. The molecule has 2 rings (SSSR count). The zero-order valence-corrected chi connectivity index (χ0v) is 11.6. The summed E-state index contributed by atoms with van der Waals surface area (Å²) in [5.41, 5.74) is 7.04. The quantitative estimate of drug-likeness (QED) is 0.935. The highest BCUT2D eigenvalue weighted by Crippen LogP contribution is 2.27. The fourth-order valence-electron chi connectivity index (χ4n) is 1.88. The molecule has 1 aromatic heterocycles. The lowest BCUT2D eigenvalue weighted by atomic mass is 10.0. The molecular formula is C13H15Cl2N3. The van der Waals surface area contributed by atoms with E-state index in [1.54, 1.807) is 18.3 Å². The molecule has 96 valence electrons. The van der Waals surface area contributed by atoms with E-state index in [2.05, 4.69) is 4.98 Å². The van der Waals surface area contributed by atoms with Crippen LogP contribution in [0, 0.1) is 0 Å². The van der Waals surface area contributed by atoms with E-state index in [-0.39, 0.29) is 6.04 Å². The summed E-state index contributed by atoms with van der Waals surface area (Å²) in [5, 5.41) is 1.31. The van der Waals surface area contributed by atoms with Gasteiger partial charge in [-0.2, -0.15) is 0 Å². The van der Waals surface area contributed by atoms with Crippen molar-refractivity contribution in [2.45, 2.75) is 18.9 Å². The van der Waals surface area contributed by atoms with Crippen LogP contribution >= 0.6 is 23.2 Å². The van der Waals surface area contributed by atoms with Crippen LogP contribution in [0.4, 0.5) is 0 Å². The Morgan fingerprint density at radius 1 is 1.39 bits per heavy atom. The van der Waals surface area contributed by atoms with Gasteiger partial charge in [0.1, 0.15) is 5.82 Å². The van der Waals surface area contributed by atoms with Gasteiger partial charge in [0.15, 0.2) is 0 Å². The summed E-state index contributed by atoms with van der Waals surface area (Å²) in [5.74, 6) is 1.02. The van der Waals surface area contributed by atoms with Crippen molar-refractivity contribution in [1.29, 1.82) is 0 Å². The number of halogens is 2. The number of nitrogens with zero attached hydrogens (tertiary/aromatic N) is 2. The van der Waals surface area contributed by atoms with Gasteiger partial charge in [-0.3, -0.25) is 0 Å². The summed E-state index contributed by atoms with van der Waals surface area (Å²) in [6.45, 7) is 0. The van der Waals surface area contributed by atoms with Crippen LogP contribution in [0.3, 0.4) is 0 Å². The van der Waals surface area contributed by atoms with Gasteiger partial charge in [-0.15, -0.1) is 0 Å². The first kappa shape index (κ1) is 13.4. The molecule has 2 aromatic rings. The number of rotatable bonds is 4. The topological polar surface area (TPSA) is 43.8 Å². The fraction of sp³-hybridized carbons (Fsp3) is 0.308. The first-order valence-corrected chi connectivity index (χ1v) is 6.50. The Labute approximate surface area is 117 Å². The van der Waals surface area contributed by atoms with Crippen LogP contribution in [0.2, 0.25) is 10.0 Å². The van der Waals surface area contributed by atoms with Crippen LogP contribution in [0.1, 0.15) is 23.9 Å². The maximum absolute atomic E-state index is 6.15. The number of hydrogen-bond acceptors (Lipinski definition) is 2. The van der Waals surface area contributed by atoms with Gasteiger partial charge < -0.3 is 10.3 Å². The fourth-order valence-corrected chi connectivity index (χ4v) is 2.31. The molecule has 0 aliphatic heterocycles.